The molecule has 2 aromatic carbocycles. The minimum absolute atomic E-state index is 0.0143. The summed E-state index contributed by atoms with van der Waals surface area (Å²) in [6.45, 7) is 1.88. The fourth-order valence-corrected chi connectivity index (χ4v) is 3.62. The Balaban J connectivity index is 1.83. The Labute approximate surface area is 192 Å². The van der Waals surface area contributed by atoms with Crippen LogP contribution in [-0.2, 0) is 15.7 Å². The number of halogens is 3. The molecular weight excluding hydrogens is 459 g/mol. The van der Waals surface area contributed by atoms with Crippen molar-refractivity contribution in [2.75, 3.05) is 40.0 Å². The van der Waals surface area contributed by atoms with Crippen molar-refractivity contribution in [1.82, 2.24) is 10.2 Å². The smallest absolute Gasteiger partial charge is 0.416 e. The predicted molar refractivity (Wildman–Crippen MR) is 113 cm³/mol. The van der Waals surface area contributed by atoms with Gasteiger partial charge in [-0.15, -0.1) is 0 Å². The quantitative estimate of drug-likeness (QED) is 0.367. The lowest BCUT2D eigenvalue weighted by atomic mass is 10.0. The van der Waals surface area contributed by atoms with Crippen molar-refractivity contribution in [2.45, 2.75) is 12.2 Å². The van der Waals surface area contributed by atoms with Gasteiger partial charge in [0.25, 0.3) is 11.6 Å². The van der Waals surface area contributed by atoms with Crippen LogP contribution < -0.4 is 5.32 Å². The highest BCUT2D eigenvalue weighted by Crippen LogP contribution is 2.31. The van der Waals surface area contributed by atoms with E-state index in [-0.39, 0.29) is 17.7 Å². The van der Waals surface area contributed by atoms with Gasteiger partial charge in [-0.1, -0.05) is 12.1 Å². The number of rotatable bonds is 7. The molecular formula is C22H22F3N3O6. The van der Waals surface area contributed by atoms with E-state index in [0.29, 0.717) is 31.9 Å². The van der Waals surface area contributed by atoms with Gasteiger partial charge in [0.15, 0.2) is 0 Å². The zero-order chi connectivity index (χ0) is 24.9. The molecule has 0 saturated carbocycles. The number of nitrogens with zero attached hydrogens (tertiary/aromatic N) is 2. The van der Waals surface area contributed by atoms with Gasteiger partial charge in [-0.05, 0) is 23.8 Å². The van der Waals surface area contributed by atoms with E-state index in [2.05, 4.69) is 10.1 Å². The number of carbonyl (C=O) groups excluding carboxylic acids is 2. The number of amides is 1. The standard InChI is InChI=1S/C22H22F3N3O6/c1-33-21(30)16-10-15(11-18(12-16)28(31)32)20(29)26-13-19(27-6-8-34-9-7-27)14-2-4-17(5-3-14)22(23,24)25/h2-5,10-12,19H,6-9,13H2,1H3,(H,26,29). The van der Waals surface area contributed by atoms with Crippen molar-refractivity contribution in [1.29, 1.82) is 0 Å². The number of benzene rings is 2. The van der Waals surface area contributed by atoms with Gasteiger partial charge in [0.2, 0.25) is 0 Å². The average molecular weight is 481 g/mol. The fraction of sp³-hybridized carbons (Fsp3) is 0.364. The molecule has 1 atom stereocenters. The highest BCUT2D eigenvalue weighted by molar-refractivity contribution is 5.99. The number of nitro benzene ring substituents is 1. The molecule has 12 heteroatoms. The van der Waals surface area contributed by atoms with Gasteiger partial charge < -0.3 is 14.8 Å². The van der Waals surface area contributed by atoms with Crippen molar-refractivity contribution in [3.63, 3.8) is 0 Å². The van der Waals surface area contributed by atoms with Gasteiger partial charge in [-0.2, -0.15) is 13.2 Å². The van der Waals surface area contributed by atoms with Crippen molar-refractivity contribution >= 4 is 17.6 Å². The topological polar surface area (TPSA) is 111 Å². The molecule has 0 radical (unpaired) electrons. The number of alkyl halides is 3. The third kappa shape index (κ3) is 6.08. The number of non-ortho nitro benzene ring substituents is 1. The van der Waals surface area contributed by atoms with E-state index in [0.717, 1.165) is 31.4 Å². The van der Waals surface area contributed by atoms with Crippen LogP contribution in [0.4, 0.5) is 18.9 Å². The first-order valence-electron chi connectivity index (χ1n) is 10.2. The van der Waals surface area contributed by atoms with Crippen LogP contribution in [0.2, 0.25) is 0 Å². The summed E-state index contributed by atoms with van der Waals surface area (Å²) < 4.78 is 48.8. The fourth-order valence-electron chi connectivity index (χ4n) is 3.62. The van der Waals surface area contributed by atoms with Crippen LogP contribution in [-0.4, -0.2) is 61.7 Å². The molecule has 0 aliphatic carbocycles. The Hall–Kier alpha value is -3.51. The van der Waals surface area contributed by atoms with Crippen molar-refractivity contribution in [3.05, 3.63) is 74.8 Å². The number of esters is 1. The number of ether oxygens (including phenoxy) is 2. The number of nitro groups is 1. The van der Waals surface area contributed by atoms with Gasteiger partial charge in [0, 0.05) is 37.3 Å². The first-order valence-corrected chi connectivity index (χ1v) is 10.2. The minimum atomic E-state index is -4.47. The second-order valence-electron chi connectivity index (χ2n) is 7.51. The Morgan fingerprint density at radius 2 is 1.76 bits per heavy atom. The molecule has 0 aromatic heterocycles. The first kappa shape index (κ1) is 25.1. The van der Waals surface area contributed by atoms with Gasteiger partial charge in [-0.3, -0.25) is 19.8 Å². The minimum Gasteiger partial charge on any atom is -0.465 e. The van der Waals surface area contributed by atoms with Gasteiger partial charge >= 0.3 is 12.1 Å². The molecule has 0 bridgehead atoms. The summed E-state index contributed by atoms with van der Waals surface area (Å²) in [5, 5.41) is 13.9. The molecule has 1 aliphatic heterocycles. The van der Waals surface area contributed by atoms with Crippen LogP contribution in [0.3, 0.4) is 0 Å². The summed E-state index contributed by atoms with van der Waals surface area (Å²) in [6.07, 6.45) is -4.47. The van der Waals surface area contributed by atoms with Crippen LogP contribution in [0.15, 0.2) is 42.5 Å². The summed E-state index contributed by atoms with van der Waals surface area (Å²) in [5.41, 5.74) is -0.963. The van der Waals surface area contributed by atoms with E-state index in [9.17, 15) is 32.9 Å². The largest absolute Gasteiger partial charge is 0.465 e. The SMILES string of the molecule is COC(=O)c1cc(C(=O)NCC(c2ccc(C(F)(F)F)cc2)N2CCOCC2)cc([N+](=O)[O-])c1. The lowest BCUT2D eigenvalue weighted by molar-refractivity contribution is -0.384. The third-order valence-corrected chi connectivity index (χ3v) is 5.38. The van der Waals surface area contributed by atoms with E-state index in [1.807, 2.05) is 4.90 Å². The maximum absolute atomic E-state index is 13.0. The molecule has 3 rings (SSSR count). The van der Waals surface area contributed by atoms with Crippen molar-refractivity contribution < 1.29 is 37.2 Å². The van der Waals surface area contributed by atoms with E-state index in [4.69, 9.17) is 4.74 Å². The lowest BCUT2D eigenvalue weighted by Crippen LogP contribution is -2.43. The molecule has 34 heavy (non-hydrogen) atoms. The number of nitrogens with one attached hydrogen (secondary N) is 1. The molecule has 182 valence electrons. The van der Waals surface area contributed by atoms with E-state index in [1.165, 1.54) is 18.2 Å². The molecule has 1 aliphatic rings. The summed E-state index contributed by atoms with van der Waals surface area (Å²) in [6, 6.07) is 7.42. The number of carbonyl (C=O) groups is 2. The van der Waals surface area contributed by atoms with E-state index >= 15 is 0 Å². The first-order chi connectivity index (χ1) is 16.1. The summed E-state index contributed by atoms with van der Waals surface area (Å²) in [7, 11) is 1.11. The average Bonchev–Trinajstić information content (AvgIpc) is 2.83. The number of hydrogen-bond acceptors (Lipinski definition) is 7. The summed E-state index contributed by atoms with van der Waals surface area (Å²) >= 11 is 0. The Morgan fingerprint density at radius 3 is 2.32 bits per heavy atom. The van der Waals surface area contributed by atoms with Crippen molar-refractivity contribution in [2.24, 2.45) is 0 Å². The summed E-state index contributed by atoms with van der Waals surface area (Å²) in [4.78, 5) is 37.1. The highest BCUT2D eigenvalue weighted by atomic mass is 19.4. The van der Waals surface area contributed by atoms with Crippen LogP contribution in [0, 0.1) is 10.1 Å². The maximum atomic E-state index is 13.0. The van der Waals surface area contributed by atoms with Crippen LogP contribution in [0.5, 0.6) is 0 Å². The molecule has 9 nitrogen and oxygen atoms in total. The molecule has 1 saturated heterocycles. The molecule has 1 amide bonds. The van der Waals surface area contributed by atoms with Crippen LogP contribution in [0.25, 0.3) is 0 Å². The van der Waals surface area contributed by atoms with E-state index in [1.54, 1.807) is 0 Å². The zero-order valence-electron chi connectivity index (χ0n) is 18.1. The Bertz CT molecular complexity index is 1050. The second kappa shape index (κ2) is 10.6. The molecule has 1 unspecified atom stereocenters. The number of morpholine rings is 1. The summed E-state index contributed by atoms with van der Waals surface area (Å²) in [5.74, 6) is -1.52. The van der Waals surface area contributed by atoms with E-state index < -0.39 is 40.3 Å². The molecule has 2 aromatic rings. The van der Waals surface area contributed by atoms with Gasteiger partial charge in [0.05, 0.1) is 42.4 Å². The Kier molecular flexibility index (Phi) is 7.84. The maximum Gasteiger partial charge on any atom is 0.416 e. The normalized spacial score (nSPS) is 15.4. The molecule has 1 heterocycles. The predicted octanol–water partition coefficient (Wildman–Crippen LogP) is 3.20. The van der Waals surface area contributed by atoms with Crippen LogP contribution in [0.1, 0.15) is 37.9 Å². The lowest BCUT2D eigenvalue weighted by Gasteiger charge is -2.35. The molecule has 0 spiro atoms. The second-order valence-corrected chi connectivity index (χ2v) is 7.51. The highest BCUT2D eigenvalue weighted by Gasteiger charge is 2.31. The number of hydrogen-bond donors (Lipinski definition) is 1. The number of methoxy groups -OCH3 is 1. The molecule has 1 fully saturated rings. The van der Waals surface area contributed by atoms with Gasteiger partial charge in [0.1, 0.15) is 0 Å². The molecule has 1 N–H and O–H groups in total. The monoisotopic (exact) mass is 481 g/mol. The third-order valence-electron chi connectivity index (χ3n) is 5.38. The van der Waals surface area contributed by atoms with Crippen molar-refractivity contribution in [3.8, 4) is 0 Å². The zero-order valence-corrected chi connectivity index (χ0v) is 18.1. The Morgan fingerprint density at radius 1 is 1.15 bits per heavy atom. The van der Waals surface area contributed by atoms with Gasteiger partial charge in [-0.25, -0.2) is 4.79 Å². The van der Waals surface area contributed by atoms with Crippen LogP contribution >= 0.6 is 0 Å².